The highest BCUT2D eigenvalue weighted by molar-refractivity contribution is 4.75. The Morgan fingerprint density at radius 1 is 1.36 bits per heavy atom. The molecule has 0 unspecified atom stereocenters. The maximum absolute atomic E-state index is 5.36. The molecule has 2 nitrogen and oxygen atoms in total. The first kappa shape index (κ1) is 10.4. The standard InChI is InChI=1S/C9H16O2/c1-4-6-9(8-10-3)11-7-5-2/h4-5,9H,1-2,6-8H2,3H3/t9-/m0/s1. The number of hydrogen-bond acceptors (Lipinski definition) is 2. The van der Waals surface area contributed by atoms with Gasteiger partial charge in [0.2, 0.25) is 0 Å². The number of methoxy groups -OCH3 is 1. The molecular formula is C9H16O2. The fourth-order valence-corrected chi connectivity index (χ4v) is 0.760. The van der Waals surface area contributed by atoms with Gasteiger partial charge in [-0.3, -0.25) is 0 Å². The highest BCUT2D eigenvalue weighted by Crippen LogP contribution is 1.99. The molecule has 0 aliphatic rings. The highest BCUT2D eigenvalue weighted by Gasteiger charge is 2.04. The SMILES string of the molecule is C=CCO[C@@H](CC=C)COC. The van der Waals surface area contributed by atoms with E-state index in [1.165, 1.54) is 0 Å². The van der Waals surface area contributed by atoms with Crippen molar-refractivity contribution in [2.75, 3.05) is 20.3 Å². The van der Waals surface area contributed by atoms with Crippen LogP contribution in [0.5, 0.6) is 0 Å². The summed E-state index contributed by atoms with van der Waals surface area (Å²) in [6.45, 7) is 8.37. The Hall–Kier alpha value is -0.600. The van der Waals surface area contributed by atoms with Crippen LogP contribution in [0.15, 0.2) is 25.3 Å². The van der Waals surface area contributed by atoms with Crippen LogP contribution in [0.1, 0.15) is 6.42 Å². The molecule has 0 fully saturated rings. The van der Waals surface area contributed by atoms with E-state index in [1.54, 1.807) is 13.2 Å². The van der Waals surface area contributed by atoms with Gasteiger partial charge in [-0.25, -0.2) is 0 Å². The van der Waals surface area contributed by atoms with Gasteiger partial charge >= 0.3 is 0 Å². The van der Waals surface area contributed by atoms with E-state index in [0.717, 1.165) is 6.42 Å². The summed E-state index contributed by atoms with van der Waals surface area (Å²) in [7, 11) is 1.66. The Labute approximate surface area is 68.5 Å². The lowest BCUT2D eigenvalue weighted by molar-refractivity contribution is 0.0135. The quantitative estimate of drug-likeness (QED) is 0.523. The summed E-state index contributed by atoms with van der Waals surface area (Å²) in [5.74, 6) is 0. The average molecular weight is 156 g/mol. The van der Waals surface area contributed by atoms with Crippen LogP contribution in [0, 0.1) is 0 Å². The summed E-state index contributed by atoms with van der Waals surface area (Å²) in [5.41, 5.74) is 0. The van der Waals surface area contributed by atoms with Crippen molar-refractivity contribution in [3.8, 4) is 0 Å². The summed E-state index contributed by atoms with van der Waals surface area (Å²) < 4.78 is 10.3. The molecule has 0 saturated carbocycles. The van der Waals surface area contributed by atoms with E-state index in [0.29, 0.717) is 13.2 Å². The third-order valence-electron chi connectivity index (χ3n) is 1.23. The predicted octanol–water partition coefficient (Wildman–Crippen LogP) is 1.78. The second-order valence-corrected chi connectivity index (χ2v) is 2.22. The van der Waals surface area contributed by atoms with Crippen LogP contribution >= 0.6 is 0 Å². The molecule has 0 heterocycles. The minimum Gasteiger partial charge on any atom is -0.382 e. The lowest BCUT2D eigenvalue weighted by Gasteiger charge is -2.13. The normalized spacial score (nSPS) is 12.5. The molecule has 11 heavy (non-hydrogen) atoms. The minimum atomic E-state index is 0.121. The van der Waals surface area contributed by atoms with Crippen LogP contribution in [0.25, 0.3) is 0 Å². The Morgan fingerprint density at radius 3 is 2.55 bits per heavy atom. The lowest BCUT2D eigenvalue weighted by atomic mass is 10.2. The van der Waals surface area contributed by atoms with E-state index in [4.69, 9.17) is 9.47 Å². The van der Waals surface area contributed by atoms with Gasteiger partial charge in [0.25, 0.3) is 0 Å². The highest BCUT2D eigenvalue weighted by atomic mass is 16.5. The molecule has 64 valence electrons. The smallest absolute Gasteiger partial charge is 0.0846 e. The van der Waals surface area contributed by atoms with Crippen LogP contribution in [0.4, 0.5) is 0 Å². The largest absolute Gasteiger partial charge is 0.382 e. The van der Waals surface area contributed by atoms with E-state index in [9.17, 15) is 0 Å². The fourth-order valence-electron chi connectivity index (χ4n) is 0.760. The summed E-state index contributed by atoms with van der Waals surface area (Å²) in [4.78, 5) is 0. The summed E-state index contributed by atoms with van der Waals surface area (Å²) in [5, 5.41) is 0. The van der Waals surface area contributed by atoms with Crippen molar-refractivity contribution in [2.45, 2.75) is 12.5 Å². The van der Waals surface area contributed by atoms with Crippen molar-refractivity contribution in [1.82, 2.24) is 0 Å². The van der Waals surface area contributed by atoms with E-state index in [-0.39, 0.29) is 6.10 Å². The van der Waals surface area contributed by atoms with Gasteiger partial charge in [0.05, 0.1) is 19.3 Å². The molecular weight excluding hydrogens is 140 g/mol. The first-order chi connectivity index (χ1) is 5.35. The van der Waals surface area contributed by atoms with E-state index in [1.807, 2.05) is 6.08 Å². The van der Waals surface area contributed by atoms with Crippen molar-refractivity contribution in [3.63, 3.8) is 0 Å². The molecule has 0 aliphatic heterocycles. The molecule has 0 aromatic carbocycles. The fraction of sp³-hybridized carbons (Fsp3) is 0.556. The van der Waals surface area contributed by atoms with Gasteiger partial charge in [-0.2, -0.15) is 0 Å². The summed E-state index contributed by atoms with van der Waals surface area (Å²) in [6, 6.07) is 0. The predicted molar refractivity (Wildman–Crippen MR) is 46.6 cm³/mol. The molecule has 1 atom stereocenters. The van der Waals surface area contributed by atoms with Crippen molar-refractivity contribution < 1.29 is 9.47 Å². The zero-order chi connectivity index (χ0) is 8.53. The molecule has 0 spiro atoms. The molecule has 0 bridgehead atoms. The number of hydrogen-bond donors (Lipinski definition) is 0. The second kappa shape index (κ2) is 7.51. The van der Waals surface area contributed by atoms with E-state index < -0.39 is 0 Å². The Kier molecular flexibility index (Phi) is 7.10. The Morgan fingerprint density at radius 2 is 2.09 bits per heavy atom. The van der Waals surface area contributed by atoms with Gasteiger partial charge in [-0.05, 0) is 6.42 Å². The van der Waals surface area contributed by atoms with Gasteiger partial charge in [0.1, 0.15) is 0 Å². The van der Waals surface area contributed by atoms with E-state index >= 15 is 0 Å². The first-order valence-electron chi connectivity index (χ1n) is 3.67. The van der Waals surface area contributed by atoms with Gasteiger partial charge < -0.3 is 9.47 Å². The number of rotatable bonds is 7. The van der Waals surface area contributed by atoms with Gasteiger partial charge in [-0.1, -0.05) is 12.2 Å². The molecule has 0 aromatic rings. The Balaban J connectivity index is 3.49. The molecule has 0 radical (unpaired) electrons. The maximum atomic E-state index is 5.36. The third kappa shape index (κ3) is 5.83. The first-order valence-corrected chi connectivity index (χ1v) is 3.67. The van der Waals surface area contributed by atoms with Crippen molar-refractivity contribution in [3.05, 3.63) is 25.3 Å². The van der Waals surface area contributed by atoms with Crippen LogP contribution in [-0.4, -0.2) is 26.4 Å². The van der Waals surface area contributed by atoms with Gasteiger partial charge in [-0.15, -0.1) is 13.2 Å². The van der Waals surface area contributed by atoms with Gasteiger partial charge in [0, 0.05) is 7.11 Å². The zero-order valence-electron chi connectivity index (χ0n) is 7.08. The summed E-state index contributed by atoms with van der Waals surface area (Å²) in [6.07, 6.45) is 4.50. The monoisotopic (exact) mass is 156 g/mol. The average Bonchev–Trinajstić information content (AvgIpc) is 2.01. The molecule has 0 rings (SSSR count). The van der Waals surface area contributed by atoms with Crippen LogP contribution in [0.2, 0.25) is 0 Å². The molecule has 0 aromatic heterocycles. The Bertz CT molecular complexity index is 110. The zero-order valence-corrected chi connectivity index (χ0v) is 7.08. The second-order valence-electron chi connectivity index (χ2n) is 2.22. The molecule has 0 aliphatic carbocycles. The topological polar surface area (TPSA) is 18.5 Å². The summed E-state index contributed by atoms with van der Waals surface area (Å²) >= 11 is 0. The van der Waals surface area contributed by atoms with Crippen molar-refractivity contribution in [1.29, 1.82) is 0 Å². The molecule has 0 amide bonds. The molecule has 2 heteroatoms. The maximum Gasteiger partial charge on any atom is 0.0846 e. The third-order valence-corrected chi connectivity index (χ3v) is 1.23. The van der Waals surface area contributed by atoms with Crippen LogP contribution < -0.4 is 0 Å². The number of ether oxygens (including phenoxy) is 2. The molecule has 0 saturated heterocycles. The lowest BCUT2D eigenvalue weighted by Crippen LogP contribution is -2.18. The minimum absolute atomic E-state index is 0.121. The molecule has 0 N–H and O–H groups in total. The van der Waals surface area contributed by atoms with Crippen LogP contribution in [0.3, 0.4) is 0 Å². The van der Waals surface area contributed by atoms with Crippen LogP contribution in [-0.2, 0) is 9.47 Å². The van der Waals surface area contributed by atoms with Gasteiger partial charge in [0.15, 0.2) is 0 Å². The van der Waals surface area contributed by atoms with Crippen molar-refractivity contribution in [2.24, 2.45) is 0 Å². The van der Waals surface area contributed by atoms with Crippen molar-refractivity contribution >= 4 is 0 Å². The van der Waals surface area contributed by atoms with E-state index in [2.05, 4.69) is 13.2 Å².